The summed E-state index contributed by atoms with van der Waals surface area (Å²) >= 11 is 5.85. The van der Waals surface area contributed by atoms with Crippen LogP contribution < -0.4 is 5.32 Å². The van der Waals surface area contributed by atoms with Crippen LogP contribution in [-0.2, 0) is 22.5 Å². The monoisotopic (exact) mass is 359 g/mol. The number of rotatable bonds is 6. The number of carbonyl (C=O) groups excluding carboxylic acids is 1. The van der Waals surface area contributed by atoms with Crippen LogP contribution in [0.3, 0.4) is 0 Å². The number of aryl methyl sites for hydroxylation is 1. The summed E-state index contributed by atoms with van der Waals surface area (Å²) in [5.41, 5.74) is 1.99. The number of hydrogen-bond donors (Lipinski definition) is 1. The van der Waals surface area contributed by atoms with Crippen LogP contribution in [0.15, 0.2) is 36.7 Å². The summed E-state index contributed by atoms with van der Waals surface area (Å²) in [6.07, 6.45) is 7.90. The minimum Gasteiger partial charge on any atom is -0.370 e. The lowest BCUT2D eigenvalue weighted by molar-refractivity contribution is -0.121. The fourth-order valence-electron chi connectivity index (χ4n) is 2.76. The van der Waals surface area contributed by atoms with E-state index in [4.69, 9.17) is 16.3 Å². The average Bonchev–Trinajstić information content (AvgIpc) is 2.67. The Hall–Kier alpha value is -1.98. The van der Waals surface area contributed by atoms with Crippen LogP contribution in [0.5, 0.6) is 0 Å². The Morgan fingerprint density at radius 2 is 1.92 bits per heavy atom. The molecule has 1 aliphatic heterocycles. The van der Waals surface area contributed by atoms with Gasteiger partial charge in [0.2, 0.25) is 5.91 Å². The smallest absolute Gasteiger partial charge is 0.220 e. The highest BCUT2D eigenvalue weighted by molar-refractivity contribution is 6.30. The number of amides is 1. The molecule has 1 fully saturated rings. The Morgan fingerprint density at radius 3 is 2.60 bits per heavy atom. The van der Waals surface area contributed by atoms with Gasteiger partial charge in [-0.1, -0.05) is 23.7 Å². The van der Waals surface area contributed by atoms with Crippen molar-refractivity contribution >= 4 is 17.5 Å². The zero-order chi connectivity index (χ0) is 17.5. The van der Waals surface area contributed by atoms with E-state index in [-0.39, 0.29) is 12.0 Å². The van der Waals surface area contributed by atoms with Crippen molar-refractivity contribution in [1.29, 1.82) is 0 Å². The lowest BCUT2D eigenvalue weighted by Gasteiger charge is -2.21. The van der Waals surface area contributed by atoms with Gasteiger partial charge in [0.15, 0.2) is 5.82 Å². The van der Waals surface area contributed by atoms with E-state index in [0.29, 0.717) is 24.4 Å². The second kappa shape index (κ2) is 8.92. The predicted octanol–water partition coefficient (Wildman–Crippen LogP) is 3.62. The number of ether oxygens (including phenoxy) is 1. The van der Waals surface area contributed by atoms with E-state index in [1.165, 1.54) is 0 Å². The number of nitrogens with zero attached hydrogens (tertiary/aromatic N) is 2. The van der Waals surface area contributed by atoms with Gasteiger partial charge in [0, 0.05) is 42.6 Å². The highest BCUT2D eigenvalue weighted by Gasteiger charge is 2.18. The molecular weight excluding hydrogens is 338 g/mol. The summed E-state index contributed by atoms with van der Waals surface area (Å²) in [5, 5.41) is 3.61. The molecule has 0 aliphatic carbocycles. The van der Waals surface area contributed by atoms with Gasteiger partial charge in [-0.25, -0.2) is 9.97 Å². The molecule has 132 valence electrons. The summed E-state index contributed by atoms with van der Waals surface area (Å²) in [4.78, 5) is 20.7. The van der Waals surface area contributed by atoms with Crippen molar-refractivity contribution in [3.8, 4) is 0 Å². The van der Waals surface area contributed by atoms with Gasteiger partial charge in [-0.2, -0.15) is 0 Å². The Morgan fingerprint density at radius 1 is 1.16 bits per heavy atom. The molecule has 2 heterocycles. The van der Waals surface area contributed by atoms with Gasteiger partial charge in [-0.05, 0) is 43.4 Å². The van der Waals surface area contributed by atoms with Gasteiger partial charge in [0.1, 0.15) is 6.10 Å². The van der Waals surface area contributed by atoms with Crippen molar-refractivity contribution in [3.05, 3.63) is 58.6 Å². The molecule has 1 aromatic carbocycles. The lowest BCUT2D eigenvalue weighted by atomic mass is 10.1. The molecule has 0 radical (unpaired) electrons. The van der Waals surface area contributed by atoms with Gasteiger partial charge in [-0.15, -0.1) is 0 Å². The maximum absolute atomic E-state index is 12.0. The summed E-state index contributed by atoms with van der Waals surface area (Å²) in [7, 11) is 0. The van der Waals surface area contributed by atoms with Crippen molar-refractivity contribution in [2.75, 3.05) is 6.61 Å². The molecule has 1 aromatic heterocycles. The fourth-order valence-corrected chi connectivity index (χ4v) is 2.89. The number of carbonyl (C=O) groups is 1. The van der Waals surface area contributed by atoms with Crippen molar-refractivity contribution in [2.24, 2.45) is 0 Å². The number of hydrogen-bond acceptors (Lipinski definition) is 4. The predicted molar refractivity (Wildman–Crippen MR) is 96.2 cm³/mol. The van der Waals surface area contributed by atoms with Crippen LogP contribution >= 0.6 is 11.6 Å². The van der Waals surface area contributed by atoms with Gasteiger partial charge in [0.05, 0.1) is 0 Å². The first-order valence-electron chi connectivity index (χ1n) is 8.64. The topological polar surface area (TPSA) is 64.1 Å². The quantitative estimate of drug-likeness (QED) is 0.855. The maximum atomic E-state index is 12.0. The SMILES string of the molecule is O=C(CCc1ccc(Cl)cc1)NCc1cnc([C@@H]2CCCCO2)nc1. The Bertz CT molecular complexity index is 683. The summed E-state index contributed by atoms with van der Waals surface area (Å²) in [6, 6.07) is 7.55. The van der Waals surface area contributed by atoms with Gasteiger partial charge >= 0.3 is 0 Å². The average molecular weight is 360 g/mol. The number of benzene rings is 1. The van der Waals surface area contributed by atoms with E-state index in [1.54, 1.807) is 12.4 Å². The molecule has 0 spiro atoms. The number of aromatic nitrogens is 2. The molecule has 0 bridgehead atoms. The first-order chi connectivity index (χ1) is 12.2. The Kier molecular flexibility index (Phi) is 6.36. The molecule has 3 rings (SSSR count). The molecule has 5 nitrogen and oxygen atoms in total. The third kappa shape index (κ3) is 5.51. The third-order valence-electron chi connectivity index (χ3n) is 4.24. The largest absolute Gasteiger partial charge is 0.370 e. The Labute approximate surface area is 152 Å². The summed E-state index contributed by atoms with van der Waals surface area (Å²) in [6.45, 7) is 1.21. The molecule has 0 unspecified atom stereocenters. The second-order valence-corrected chi connectivity index (χ2v) is 6.64. The van der Waals surface area contributed by atoms with Crippen molar-refractivity contribution in [1.82, 2.24) is 15.3 Å². The molecule has 25 heavy (non-hydrogen) atoms. The Balaban J connectivity index is 1.43. The van der Waals surface area contributed by atoms with Gasteiger partial charge in [-0.3, -0.25) is 4.79 Å². The second-order valence-electron chi connectivity index (χ2n) is 6.21. The fraction of sp³-hybridized carbons (Fsp3) is 0.421. The van der Waals surface area contributed by atoms with Crippen LogP contribution in [0.4, 0.5) is 0 Å². The summed E-state index contributed by atoms with van der Waals surface area (Å²) < 4.78 is 5.68. The highest BCUT2D eigenvalue weighted by atomic mass is 35.5. The van der Waals surface area contributed by atoms with Crippen LogP contribution in [0, 0.1) is 0 Å². The van der Waals surface area contributed by atoms with Crippen LogP contribution in [-0.4, -0.2) is 22.5 Å². The standard InChI is InChI=1S/C19H22ClN3O2/c20-16-7-4-14(5-8-16)6-9-18(24)21-11-15-12-22-19(23-13-15)17-3-1-2-10-25-17/h4-5,7-8,12-13,17H,1-3,6,9-11H2,(H,21,24)/t17-/m0/s1. The van der Waals surface area contributed by atoms with E-state index in [0.717, 1.165) is 42.8 Å². The van der Waals surface area contributed by atoms with Crippen LogP contribution in [0.25, 0.3) is 0 Å². The molecule has 6 heteroatoms. The molecule has 0 saturated carbocycles. The minimum absolute atomic E-state index is 0.00893. The van der Waals surface area contributed by atoms with E-state index in [1.807, 2.05) is 24.3 Å². The van der Waals surface area contributed by atoms with E-state index >= 15 is 0 Å². The van der Waals surface area contributed by atoms with Crippen LogP contribution in [0.2, 0.25) is 5.02 Å². The van der Waals surface area contributed by atoms with Crippen molar-refractivity contribution in [3.63, 3.8) is 0 Å². The summed E-state index contributed by atoms with van der Waals surface area (Å²) in [5.74, 6) is 0.743. The molecule has 1 saturated heterocycles. The van der Waals surface area contributed by atoms with E-state index in [9.17, 15) is 4.79 Å². The van der Waals surface area contributed by atoms with Gasteiger partial charge < -0.3 is 10.1 Å². The van der Waals surface area contributed by atoms with Crippen molar-refractivity contribution < 1.29 is 9.53 Å². The lowest BCUT2D eigenvalue weighted by Crippen LogP contribution is -2.23. The van der Waals surface area contributed by atoms with E-state index in [2.05, 4.69) is 15.3 Å². The van der Waals surface area contributed by atoms with E-state index < -0.39 is 0 Å². The molecular formula is C19H22ClN3O2. The highest BCUT2D eigenvalue weighted by Crippen LogP contribution is 2.24. The van der Waals surface area contributed by atoms with Gasteiger partial charge in [0.25, 0.3) is 0 Å². The minimum atomic E-state index is 0.00893. The third-order valence-corrected chi connectivity index (χ3v) is 4.49. The first kappa shape index (κ1) is 17.8. The molecule has 2 aromatic rings. The zero-order valence-electron chi connectivity index (χ0n) is 14.1. The van der Waals surface area contributed by atoms with Crippen molar-refractivity contribution in [2.45, 2.75) is 44.8 Å². The number of halogens is 1. The molecule has 1 N–H and O–H groups in total. The molecule has 1 atom stereocenters. The number of nitrogens with one attached hydrogen (secondary N) is 1. The van der Waals surface area contributed by atoms with Crippen LogP contribution in [0.1, 0.15) is 48.7 Å². The zero-order valence-corrected chi connectivity index (χ0v) is 14.8. The molecule has 1 amide bonds. The first-order valence-corrected chi connectivity index (χ1v) is 9.02. The normalized spacial score (nSPS) is 17.2. The maximum Gasteiger partial charge on any atom is 0.220 e. The molecule has 1 aliphatic rings.